The van der Waals surface area contributed by atoms with Gasteiger partial charge in [-0.3, -0.25) is 10.0 Å². The maximum Gasteiger partial charge on any atom is 0.344 e. The van der Waals surface area contributed by atoms with Crippen molar-refractivity contribution in [1.82, 2.24) is 25.4 Å². The summed E-state index contributed by atoms with van der Waals surface area (Å²) in [5.74, 6) is -5.75. The number of hydrogen-bond acceptors (Lipinski definition) is 9. The Bertz CT molecular complexity index is 3260. The number of carboxylic acid groups (broad SMARTS) is 1. The molecule has 8 aromatic rings. The number of benzene rings is 6. The molecule has 0 unspecified atom stereocenters. The topological polar surface area (TPSA) is 164 Å². The van der Waals surface area contributed by atoms with Gasteiger partial charge in [-0.15, -0.1) is 0 Å². The Morgan fingerprint density at radius 3 is 1.09 bits per heavy atom. The third kappa shape index (κ3) is 9.72. The van der Waals surface area contributed by atoms with Crippen molar-refractivity contribution >= 4 is 33.8 Å². The molecule has 3 saturated carbocycles. The van der Waals surface area contributed by atoms with Gasteiger partial charge in [0.25, 0.3) is 5.91 Å². The molecule has 0 radical (unpaired) electrons. The molecule has 0 saturated heterocycles. The van der Waals surface area contributed by atoms with Crippen molar-refractivity contribution in [2.45, 2.75) is 66.4 Å². The van der Waals surface area contributed by atoms with E-state index >= 15 is 13.2 Å². The minimum absolute atomic E-state index is 0.493. The molecule has 2 aromatic heterocycles. The van der Waals surface area contributed by atoms with Crippen LogP contribution in [0.15, 0.2) is 193 Å². The highest BCUT2D eigenvalue weighted by molar-refractivity contribution is 9.10. The van der Waals surface area contributed by atoms with E-state index in [1.54, 1.807) is 97.6 Å². The number of methoxy groups -OCH3 is 1. The molecule has 3 fully saturated rings. The van der Waals surface area contributed by atoms with Gasteiger partial charge in [0.2, 0.25) is 17.0 Å². The summed E-state index contributed by atoms with van der Waals surface area (Å²) in [6.07, 6.45) is 6.95. The highest BCUT2D eigenvalue weighted by atomic mass is 79.9. The summed E-state index contributed by atoms with van der Waals surface area (Å²) < 4.78 is 51.4. The number of aryl methyl sites for hydroxylation is 2. The first kappa shape index (κ1) is 51.0. The largest absolute Gasteiger partial charge is 0.479 e. The third-order valence-corrected chi connectivity index (χ3v) is 14.5. The number of nitrogens with zero attached hydrogens (tertiary/aromatic N) is 4. The Morgan fingerprint density at radius 1 is 0.486 bits per heavy atom. The van der Waals surface area contributed by atoms with Crippen molar-refractivity contribution in [3.05, 3.63) is 238 Å². The van der Waals surface area contributed by atoms with Crippen molar-refractivity contribution in [2.24, 2.45) is 0 Å². The number of hydrogen-bond donors (Lipinski definition) is 3. The average Bonchev–Trinajstić information content (AvgIpc) is 4.42. The summed E-state index contributed by atoms with van der Waals surface area (Å²) in [5, 5.41) is 18.4. The first-order valence-corrected chi connectivity index (χ1v) is 24.5. The Kier molecular flexibility index (Phi) is 14.4. The van der Waals surface area contributed by atoms with Crippen LogP contribution in [0.25, 0.3) is 22.8 Å². The van der Waals surface area contributed by atoms with Gasteiger partial charge >= 0.3 is 11.9 Å². The van der Waals surface area contributed by atoms with Gasteiger partial charge in [0, 0.05) is 75.9 Å². The van der Waals surface area contributed by atoms with Gasteiger partial charge in [0.05, 0.1) is 7.11 Å². The maximum atomic E-state index is 15.5. The van der Waals surface area contributed by atoms with Gasteiger partial charge in [-0.1, -0.05) is 168 Å². The van der Waals surface area contributed by atoms with E-state index < -0.39 is 70.4 Å². The number of carboxylic acids is 1. The van der Waals surface area contributed by atoms with E-state index in [2.05, 4.69) is 40.6 Å². The zero-order valence-electron chi connectivity index (χ0n) is 40.2. The lowest BCUT2D eigenvalue weighted by Gasteiger charge is -2.06. The normalized spacial score (nSPS) is 24.9. The first-order valence-electron chi connectivity index (χ1n) is 23.7. The highest BCUT2D eigenvalue weighted by Crippen LogP contribution is 2.68. The molecule has 0 bridgehead atoms. The van der Waals surface area contributed by atoms with E-state index in [0.717, 1.165) is 43.4 Å². The Labute approximate surface area is 433 Å². The number of amides is 1. The lowest BCUT2D eigenvalue weighted by Crippen LogP contribution is -2.33. The number of rotatable bonds is 11. The van der Waals surface area contributed by atoms with E-state index in [0.29, 0.717) is 28.3 Å². The van der Waals surface area contributed by atoms with Crippen LogP contribution in [-0.2, 0) is 19.1 Å². The predicted molar refractivity (Wildman–Crippen MR) is 275 cm³/mol. The number of ether oxygens (including phenoxy) is 1. The number of hydroxylamine groups is 1. The van der Waals surface area contributed by atoms with Gasteiger partial charge in [0.15, 0.2) is 11.6 Å². The fraction of sp³-hybridized carbons (Fsp3) is 0.203. The summed E-state index contributed by atoms with van der Waals surface area (Å²) in [7, 11) is 1.22. The van der Waals surface area contributed by atoms with Crippen LogP contribution in [0, 0.1) is 13.8 Å². The Balaban J connectivity index is 0.000000137. The molecule has 74 heavy (non-hydrogen) atoms. The van der Waals surface area contributed by atoms with Crippen molar-refractivity contribution in [3.8, 4) is 22.8 Å². The van der Waals surface area contributed by atoms with E-state index in [-0.39, 0.29) is 0 Å². The van der Waals surface area contributed by atoms with Crippen LogP contribution in [0.3, 0.4) is 0 Å². The second-order valence-electron chi connectivity index (χ2n) is 18.6. The summed E-state index contributed by atoms with van der Waals surface area (Å²) in [4.78, 5) is 52.7. The van der Waals surface area contributed by atoms with Crippen LogP contribution in [0.4, 0.5) is 13.2 Å². The molecule has 374 valence electrons. The van der Waals surface area contributed by atoms with Crippen LogP contribution in [-0.4, -0.2) is 72.2 Å². The van der Waals surface area contributed by atoms with Gasteiger partial charge in [-0.2, -0.15) is 0 Å². The molecule has 1 amide bonds. The average molecular weight is 1060 g/mol. The molecule has 6 aromatic carbocycles. The van der Waals surface area contributed by atoms with Gasteiger partial charge in [-0.25, -0.2) is 48.2 Å². The van der Waals surface area contributed by atoms with Crippen LogP contribution in [0.1, 0.15) is 80.0 Å². The third-order valence-electron chi connectivity index (χ3n) is 14.0. The van der Waals surface area contributed by atoms with E-state index in [9.17, 15) is 19.5 Å². The van der Waals surface area contributed by atoms with Gasteiger partial charge in [-0.05, 0) is 70.5 Å². The number of aromatic nitrogens is 4. The number of carbonyl (C=O) groups excluding carboxylic acids is 2. The van der Waals surface area contributed by atoms with Gasteiger partial charge < -0.3 is 9.84 Å². The predicted octanol–water partition coefficient (Wildman–Crippen LogP) is 11.9. The number of esters is 1. The van der Waals surface area contributed by atoms with Crippen LogP contribution >= 0.6 is 15.9 Å². The fourth-order valence-electron chi connectivity index (χ4n) is 10.1. The van der Waals surface area contributed by atoms with Crippen molar-refractivity contribution in [2.75, 3.05) is 7.11 Å². The molecular formula is C59H49BrF3N5O6. The van der Waals surface area contributed by atoms with Crippen molar-refractivity contribution in [1.29, 1.82) is 0 Å². The highest BCUT2D eigenvalue weighted by Gasteiger charge is 2.74. The number of alkyl halides is 3. The van der Waals surface area contributed by atoms with Crippen LogP contribution in [0.2, 0.25) is 0 Å². The minimum Gasteiger partial charge on any atom is -0.479 e. The molecule has 2 heterocycles. The molecule has 9 atom stereocenters. The SMILES string of the molecule is COC(=O)[C@]1(F)[C@H](c2ccccc2)[C@H]1c1ccc(Br)cc1.Cc1cnc(-c2ccc([C@@H]3[C@@H](c4ccccc4)[C@@]3(F)C(=O)NO)cc2)nc1.Cc1cnc(-c2ccc([C@@H]3[C@@H](c4ccccc4)[C@@]3(F)C(=O)O)cc2)nc1. The monoisotopic (exact) mass is 1060 g/mol. The molecule has 11 rings (SSSR count). The molecule has 15 heteroatoms. The quantitative estimate of drug-likeness (QED) is 0.0645. The van der Waals surface area contributed by atoms with Crippen molar-refractivity contribution in [3.63, 3.8) is 0 Å². The van der Waals surface area contributed by atoms with E-state index in [4.69, 9.17) is 5.21 Å². The molecular weight excluding hydrogens is 1010 g/mol. The second kappa shape index (κ2) is 20.9. The molecule has 11 nitrogen and oxygen atoms in total. The summed E-state index contributed by atoms with van der Waals surface area (Å²) in [6.45, 7) is 3.83. The molecule has 3 aliphatic carbocycles. The lowest BCUT2D eigenvalue weighted by atomic mass is 10.0. The summed E-state index contributed by atoms with van der Waals surface area (Å²) in [5.41, 5.74) is 3.00. The lowest BCUT2D eigenvalue weighted by molar-refractivity contribution is -0.149. The Morgan fingerprint density at radius 2 is 0.784 bits per heavy atom. The number of aliphatic carboxylic acids is 1. The molecule has 0 aliphatic heterocycles. The zero-order valence-corrected chi connectivity index (χ0v) is 41.8. The van der Waals surface area contributed by atoms with E-state index in [1.165, 1.54) is 12.6 Å². The second-order valence-corrected chi connectivity index (χ2v) is 19.5. The van der Waals surface area contributed by atoms with E-state index in [1.807, 2.05) is 105 Å². The standard InChI is InChI=1S/C21H18FN3O2.C21H17FN2O2.C17H14BrFO2/c1-13-11-23-19(24-12-13)16-9-7-15(8-10-16)18-17(14-5-3-2-4-6-14)21(18,22)20(26)25-27;1-13-11-23-19(24-12-13)16-9-7-15(8-10-16)18-17(21(18,22)20(25)26)14-5-3-2-4-6-14;1-21-16(20)17(19)14(11-5-3-2-4-6-11)15(17)12-7-9-13(18)10-8-12/h2-12,17-18,27H,1H3,(H,25,26);2-12,17-18H,1H3,(H,25,26);2-10,14-15H,1H3/t2*17-,18-,21+;14-,15-,17+/m111/s1. The number of nitrogens with one attached hydrogen (secondary N) is 1. The Hall–Kier alpha value is -7.88. The number of carbonyl (C=O) groups is 3. The number of halogens is 4. The minimum atomic E-state index is -2.27. The molecule has 3 N–H and O–H groups in total. The molecule has 3 aliphatic rings. The van der Waals surface area contributed by atoms with Crippen molar-refractivity contribution < 1.29 is 42.6 Å². The van der Waals surface area contributed by atoms with Crippen LogP contribution in [0.5, 0.6) is 0 Å². The zero-order chi connectivity index (χ0) is 52.4. The summed E-state index contributed by atoms with van der Waals surface area (Å²) >= 11 is 3.36. The molecule has 0 spiro atoms. The van der Waals surface area contributed by atoms with Crippen LogP contribution < -0.4 is 5.48 Å². The maximum absolute atomic E-state index is 15.5. The van der Waals surface area contributed by atoms with Gasteiger partial charge in [0.1, 0.15) is 0 Å². The fourth-order valence-corrected chi connectivity index (χ4v) is 10.4. The first-order chi connectivity index (χ1) is 35.7. The smallest absolute Gasteiger partial charge is 0.344 e. The summed E-state index contributed by atoms with van der Waals surface area (Å²) in [6, 6.07) is 49.0.